The van der Waals surface area contributed by atoms with E-state index in [4.69, 9.17) is 14.5 Å². The summed E-state index contributed by atoms with van der Waals surface area (Å²) in [6.45, 7) is 10.2. The number of hydrogen-bond donors (Lipinski definition) is 0. The Morgan fingerprint density at radius 1 is 1.26 bits per heavy atom. The van der Waals surface area contributed by atoms with Gasteiger partial charge in [-0.05, 0) is 38.5 Å². The fraction of sp³-hybridized carbons (Fsp3) is 0.500. The molecule has 3 aromatic rings. The molecule has 3 heterocycles. The molecule has 0 bridgehead atoms. The highest BCUT2D eigenvalue weighted by molar-refractivity contribution is 7.22. The summed E-state index contributed by atoms with van der Waals surface area (Å²) in [7, 11) is 0. The third-order valence-corrected chi connectivity index (χ3v) is 6.33. The summed E-state index contributed by atoms with van der Waals surface area (Å²) in [5.74, 6) is 0.629. The van der Waals surface area contributed by atoms with Crippen molar-refractivity contribution in [3.05, 3.63) is 36.2 Å². The molecule has 1 aliphatic rings. The molecule has 9 heteroatoms. The zero-order chi connectivity index (χ0) is 21.6. The molecule has 8 nitrogen and oxygen atoms in total. The Morgan fingerprint density at radius 2 is 2.10 bits per heavy atom. The minimum Gasteiger partial charge on any atom is -0.492 e. The number of ether oxygens (including phenoxy) is 2. The largest absolute Gasteiger partial charge is 0.492 e. The van der Waals surface area contributed by atoms with Crippen molar-refractivity contribution in [2.45, 2.75) is 26.8 Å². The van der Waals surface area contributed by atoms with E-state index in [0.717, 1.165) is 61.8 Å². The van der Waals surface area contributed by atoms with Gasteiger partial charge in [0, 0.05) is 38.9 Å². The summed E-state index contributed by atoms with van der Waals surface area (Å²) in [4.78, 5) is 22.3. The van der Waals surface area contributed by atoms with Crippen LogP contribution in [0.2, 0.25) is 0 Å². The fourth-order valence-corrected chi connectivity index (χ4v) is 4.66. The maximum atomic E-state index is 13.4. The van der Waals surface area contributed by atoms with Crippen LogP contribution >= 0.6 is 11.3 Å². The Bertz CT molecular complexity index is 1010. The van der Waals surface area contributed by atoms with Gasteiger partial charge in [0.2, 0.25) is 0 Å². The van der Waals surface area contributed by atoms with Gasteiger partial charge in [-0.25, -0.2) is 4.98 Å². The number of morpholine rings is 1. The minimum atomic E-state index is -0.119. The number of para-hydroxylation sites is 1. The maximum Gasteiger partial charge on any atom is 0.280 e. The van der Waals surface area contributed by atoms with Gasteiger partial charge in [0.25, 0.3) is 5.91 Å². The first-order chi connectivity index (χ1) is 15.2. The summed E-state index contributed by atoms with van der Waals surface area (Å²) in [6.07, 6.45) is 2.69. The van der Waals surface area contributed by atoms with E-state index < -0.39 is 0 Å². The number of hydrogen-bond acceptors (Lipinski definition) is 7. The van der Waals surface area contributed by atoms with Gasteiger partial charge in [0.15, 0.2) is 10.8 Å². The van der Waals surface area contributed by atoms with Crippen LogP contribution in [-0.2, 0) is 11.3 Å². The van der Waals surface area contributed by atoms with E-state index in [1.807, 2.05) is 38.2 Å². The topological polar surface area (TPSA) is 72.7 Å². The molecule has 0 N–H and O–H groups in total. The molecular weight excluding hydrogens is 414 g/mol. The standard InChI is InChI=1S/C22H29N5O3S/c1-3-26-12-9-17(24-26)21(28)27(11-6-10-25-13-15-29-16-14-25)22-23-20-18(30-4-2)7-5-8-19(20)31-22/h5,7-9,12H,3-4,6,10-11,13-16H2,1-2H3. The van der Waals surface area contributed by atoms with Gasteiger partial charge in [0.05, 0.1) is 24.5 Å². The molecule has 1 aromatic carbocycles. The summed E-state index contributed by atoms with van der Waals surface area (Å²) >= 11 is 1.51. The monoisotopic (exact) mass is 443 g/mol. The van der Waals surface area contributed by atoms with Crippen molar-refractivity contribution in [2.75, 3.05) is 50.9 Å². The lowest BCUT2D eigenvalue weighted by molar-refractivity contribution is 0.0376. The van der Waals surface area contributed by atoms with E-state index >= 15 is 0 Å². The third kappa shape index (κ3) is 5.06. The predicted octanol–water partition coefficient (Wildman–Crippen LogP) is 3.28. The number of carbonyl (C=O) groups is 1. The van der Waals surface area contributed by atoms with Gasteiger partial charge in [-0.2, -0.15) is 5.10 Å². The Balaban J connectivity index is 1.58. The highest BCUT2D eigenvalue weighted by Crippen LogP contribution is 2.34. The SMILES string of the molecule is CCOc1cccc2sc(N(CCCN3CCOCC3)C(=O)c3ccn(CC)n3)nc12. The van der Waals surface area contributed by atoms with Crippen LogP contribution in [0, 0.1) is 0 Å². The molecule has 0 unspecified atom stereocenters. The Morgan fingerprint density at radius 3 is 2.84 bits per heavy atom. The van der Waals surface area contributed by atoms with Crippen LogP contribution in [0.25, 0.3) is 10.2 Å². The lowest BCUT2D eigenvalue weighted by atomic mass is 10.3. The number of aromatic nitrogens is 3. The quantitative estimate of drug-likeness (QED) is 0.505. The molecular formula is C22H29N5O3S. The number of aryl methyl sites for hydroxylation is 1. The van der Waals surface area contributed by atoms with Crippen molar-refractivity contribution in [3.63, 3.8) is 0 Å². The molecule has 0 saturated carbocycles. The summed E-state index contributed by atoms with van der Waals surface area (Å²) in [5, 5.41) is 5.11. The van der Waals surface area contributed by atoms with Gasteiger partial charge in [-0.3, -0.25) is 19.3 Å². The highest BCUT2D eigenvalue weighted by atomic mass is 32.1. The van der Waals surface area contributed by atoms with Crippen molar-refractivity contribution >= 4 is 32.6 Å². The zero-order valence-electron chi connectivity index (χ0n) is 18.1. The molecule has 4 rings (SSSR count). The van der Waals surface area contributed by atoms with E-state index in [-0.39, 0.29) is 5.91 Å². The Hall–Kier alpha value is -2.49. The van der Waals surface area contributed by atoms with E-state index in [1.54, 1.807) is 15.6 Å². The van der Waals surface area contributed by atoms with Crippen LogP contribution < -0.4 is 9.64 Å². The average Bonchev–Trinajstić information content (AvgIpc) is 3.45. The van der Waals surface area contributed by atoms with Crippen LogP contribution in [-0.4, -0.2) is 71.6 Å². The van der Waals surface area contributed by atoms with Crippen molar-refractivity contribution in [3.8, 4) is 5.75 Å². The van der Waals surface area contributed by atoms with Gasteiger partial charge in [-0.1, -0.05) is 17.4 Å². The summed E-state index contributed by atoms with van der Waals surface area (Å²) < 4.78 is 13.9. The van der Waals surface area contributed by atoms with Crippen molar-refractivity contribution in [2.24, 2.45) is 0 Å². The highest BCUT2D eigenvalue weighted by Gasteiger charge is 2.24. The summed E-state index contributed by atoms with van der Waals surface area (Å²) in [6, 6.07) is 7.67. The molecule has 2 aromatic heterocycles. The number of anilines is 1. The van der Waals surface area contributed by atoms with Crippen molar-refractivity contribution in [1.29, 1.82) is 0 Å². The van der Waals surface area contributed by atoms with Crippen LogP contribution in [0.15, 0.2) is 30.5 Å². The maximum absolute atomic E-state index is 13.4. The lowest BCUT2D eigenvalue weighted by Gasteiger charge is -2.27. The zero-order valence-corrected chi connectivity index (χ0v) is 18.9. The second-order valence-corrected chi connectivity index (χ2v) is 8.36. The Kier molecular flexibility index (Phi) is 7.16. The number of carbonyl (C=O) groups excluding carboxylic acids is 1. The molecule has 1 fully saturated rings. The van der Waals surface area contributed by atoms with Crippen LogP contribution in [0.4, 0.5) is 5.13 Å². The number of nitrogens with zero attached hydrogens (tertiary/aromatic N) is 5. The van der Waals surface area contributed by atoms with Crippen LogP contribution in [0.3, 0.4) is 0 Å². The smallest absolute Gasteiger partial charge is 0.280 e. The van der Waals surface area contributed by atoms with Gasteiger partial charge < -0.3 is 9.47 Å². The number of fused-ring (bicyclic) bond motifs is 1. The van der Waals surface area contributed by atoms with Crippen LogP contribution in [0.5, 0.6) is 5.75 Å². The first kappa shape index (κ1) is 21.7. The van der Waals surface area contributed by atoms with Crippen molar-refractivity contribution < 1.29 is 14.3 Å². The van der Waals surface area contributed by atoms with E-state index in [2.05, 4.69) is 10.00 Å². The second-order valence-electron chi connectivity index (χ2n) is 7.35. The average molecular weight is 444 g/mol. The predicted molar refractivity (Wildman–Crippen MR) is 122 cm³/mol. The molecule has 0 spiro atoms. The van der Waals surface area contributed by atoms with Gasteiger partial charge >= 0.3 is 0 Å². The second kappa shape index (κ2) is 10.2. The van der Waals surface area contributed by atoms with E-state index in [1.165, 1.54) is 11.3 Å². The summed E-state index contributed by atoms with van der Waals surface area (Å²) in [5.41, 5.74) is 1.24. The van der Waals surface area contributed by atoms with E-state index in [0.29, 0.717) is 24.0 Å². The number of benzene rings is 1. The molecule has 0 radical (unpaired) electrons. The number of thiazole rings is 1. The third-order valence-electron chi connectivity index (χ3n) is 5.29. The first-order valence-electron chi connectivity index (χ1n) is 10.9. The molecule has 1 aliphatic heterocycles. The molecule has 1 saturated heterocycles. The normalized spacial score (nSPS) is 14.8. The van der Waals surface area contributed by atoms with Crippen LogP contribution in [0.1, 0.15) is 30.8 Å². The number of rotatable bonds is 9. The van der Waals surface area contributed by atoms with E-state index in [9.17, 15) is 4.79 Å². The fourth-order valence-electron chi connectivity index (χ4n) is 3.65. The first-order valence-corrected chi connectivity index (χ1v) is 11.7. The van der Waals surface area contributed by atoms with Gasteiger partial charge in [0.1, 0.15) is 11.3 Å². The Labute approximate surface area is 186 Å². The molecule has 166 valence electrons. The number of amides is 1. The minimum absolute atomic E-state index is 0.119. The van der Waals surface area contributed by atoms with Crippen molar-refractivity contribution in [1.82, 2.24) is 19.7 Å². The molecule has 31 heavy (non-hydrogen) atoms. The molecule has 1 amide bonds. The van der Waals surface area contributed by atoms with Gasteiger partial charge in [-0.15, -0.1) is 0 Å². The lowest BCUT2D eigenvalue weighted by Crippen LogP contribution is -2.39. The molecule has 0 atom stereocenters. The molecule has 0 aliphatic carbocycles.